The number of hydrogen-bond acceptors (Lipinski definition) is 3. The van der Waals surface area contributed by atoms with Gasteiger partial charge in [0, 0.05) is 27.2 Å². The third-order valence-electron chi connectivity index (χ3n) is 2.27. The van der Waals surface area contributed by atoms with Crippen molar-refractivity contribution in [1.82, 2.24) is 20.9 Å². The third-order valence-corrected chi connectivity index (χ3v) is 2.27. The van der Waals surface area contributed by atoms with E-state index in [-0.39, 0.29) is 19.1 Å². The van der Waals surface area contributed by atoms with Gasteiger partial charge in [-0.15, -0.1) is 0 Å². The van der Waals surface area contributed by atoms with Gasteiger partial charge in [-0.25, -0.2) is 14.4 Å². The molecule has 110 valence electrons. The maximum Gasteiger partial charge on any atom is 0.326 e. The van der Waals surface area contributed by atoms with Gasteiger partial charge in [0.25, 0.3) is 0 Å². The number of aliphatic carboxylic acids is 1. The average molecular weight is 274 g/mol. The first kappa shape index (κ1) is 17.0. The lowest BCUT2D eigenvalue weighted by molar-refractivity contribution is -0.139. The fraction of sp³-hybridized carbons (Fsp3) is 0.727. The third kappa shape index (κ3) is 7.85. The summed E-state index contributed by atoms with van der Waals surface area (Å²) in [5.41, 5.74) is 0. The van der Waals surface area contributed by atoms with Gasteiger partial charge in [0.1, 0.15) is 6.04 Å². The predicted molar refractivity (Wildman–Crippen MR) is 70.0 cm³/mol. The van der Waals surface area contributed by atoms with Crippen LogP contribution >= 0.6 is 0 Å². The van der Waals surface area contributed by atoms with Crippen LogP contribution in [0.1, 0.15) is 19.8 Å². The molecule has 0 saturated heterocycles. The quantitative estimate of drug-likeness (QED) is 0.482. The molecule has 0 saturated carbocycles. The van der Waals surface area contributed by atoms with Crippen molar-refractivity contribution in [2.75, 3.05) is 27.2 Å². The number of nitrogens with one attached hydrogen (secondary N) is 3. The highest BCUT2D eigenvalue weighted by atomic mass is 16.4. The van der Waals surface area contributed by atoms with Crippen LogP contribution in [0.2, 0.25) is 0 Å². The molecule has 0 heterocycles. The largest absolute Gasteiger partial charge is 0.480 e. The zero-order chi connectivity index (χ0) is 14.8. The topological polar surface area (TPSA) is 111 Å². The lowest BCUT2D eigenvalue weighted by Gasteiger charge is -2.15. The Morgan fingerprint density at radius 1 is 1.16 bits per heavy atom. The van der Waals surface area contributed by atoms with E-state index in [1.54, 1.807) is 14.1 Å². The lowest BCUT2D eigenvalue weighted by atomic mass is 10.2. The van der Waals surface area contributed by atoms with Crippen LogP contribution in [0.5, 0.6) is 0 Å². The van der Waals surface area contributed by atoms with Crippen molar-refractivity contribution in [2.45, 2.75) is 25.8 Å². The summed E-state index contributed by atoms with van der Waals surface area (Å²) >= 11 is 0. The first-order valence-electron chi connectivity index (χ1n) is 6.10. The zero-order valence-corrected chi connectivity index (χ0v) is 11.5. The minimum Gasteiger partial charge on any atom is -0.480 e. The molecule has 0 bridgehead atoms. The molecular weight excluding hydrogens is 252 g/mol. The summed E-state index contributed by atoms with van der Waals surface area (Å²) in [5, 5.41) is 16.3. The van der Waals surface area contributed by atoms with E-state index in [0.717, 1.165) is 0 Å². The summed E-state index contributed by atoms with van der Waals surface area (Å²) in [4.78, 5) is 34.7. The summed E-state index contributed by atoms with van der Waals surface area (Å²) in [6.07, 6.45) is 1.04. The molecule has 0 rings (SSSR count). The Kier molecular flexibility index (Phi) is 8.07. The number of urea groups is 2. The van der Waals surface area contributed by atoms with Crippen LogP contribution in [0.15, 0.2) is 0 Å². The SMILES string of the molecule is CCC[C@H](NC(=O)NCCNC(=O)N(C)C)C(=O)O. The van der Waals surface area contributed by atoms with Crippen LogP contribution in [0.4, 0.5) is 9.59 Å². The number of nitrogens with zero attached hydrogens (tertiary/aromatic N) is 1. The van der Waals surface area contributed by atoms with Crippen molar-refractivity contribution in [2.24, 2.45) is 0 Å². The predicted octanol–water partition coefficient (Wildman–Crippen LogP) is -0.190. The molecule has 0 fully saturated rings. The molecule has 0 aromatic rings. The highest BCUT2D eigenvalue weighted by molar-refractivity contribution is 5.82. The van der Waals surface area contributed by atoms with E-state index in [2.05, 4.69) is 16.0 Å². The van der Waals surface area contributed by atoms with E-state index in [0.29, 0.717) is 12.8 Å². The Labute approximate surface area is 112 Å². The van der Waals surface area contributed by atoms with Gasteiger partial charge in [0.2, 0.25) is 0 Å². The van der Waals surface area contributed by atoms with Crippen LogP contribution < -0.4 is 16.0 Å². The fourth-order valence-corrected chi connectivity index (χ4v) is 1.26. The van der Waals surface area contributed by atoms with Crippen molar-refractivity contribution in [3.05, 3.63) is 0 Å². The number of rotatable bonds is 7. The van der Waals surface area contributed by atoms with Crippen LogP contribution in [-0.2, 0) is 4.79 Å². The van der Waals surface area contributed by atoms with Gasteiger partial charge >= 0.3 is 18.0 Å². The highest BCUT2D eigenvalue weighted by Gasteiger charge is 2.18. The molecule has 0 radical (unpaired) electrons. The molecule has 4 N–H and O–H groups in total. The van der Waals surface area contributed by atoms with E-state index in [1.165, 1.54) is 4.90 Å². The van der Waals surface area contributed by atoms with E-state index < -0.39 is 18.0 Å². The van der Waals surface area contributed by atoms with E-state index in [9.17, 15) is 14.4 Å². The van der Waals surface area contributed by atoms with E-state index in [1.807, 2.05) is 6.92 Å². The van der Waals surface area contributed by atoms with Crippen LogP contribution in [0.25, 0.3) is 0 Å². The summed E-state index contributed by atoms with van der Waals surface area (Å²) in [6.45, 7) is 2.34. The molecule has 0 aromatic heterocycles. The number of amides is 4. The van der Waals surface area contributed by atoms with Crippen LogP contribution in [0.3, 0.4) is 0 Å². The first-order chi connectivity index (χ1) is 8.88. The monoisotopic (exact) mass is 274 g/mol. The molecule has 0 spiro atoms. The maximum absolute atomic E-state index is 11.4. The van der Waals surface area contributed by atoms with Gasteiger partial charge in [-0.1, -0.05) is 13.3 Å². The second kappa shape index (κ2) is 9.01. The Balaban J connectivity index is 3.86. The number of carbonyl (C=O) groups excluding carboxylic acids is 2. The summed E-state index contributed by atoms with van der Waals surface area (Å²) < 4.78 is 0. The number of hydrogen-bond donors (Lipinski definition) is 4. The molecule has 19 heavy (non-hydrogen) atoms. The lowest BCUT2D eigenvalue weighted by Crippen LogP contribution is -2.48. The molecule has 0 aliphatic rings. The molecule has 8 nitrogen and oxygen atoms in total. The van der Waals surface area contributed by atoms with Crippen LogP contribution in [-0.4, -0.2) is 61.3 Å². The number of carboxylic acid groups (broad SMARTS) is 1. The van der Waals surface area contributed by atoms with Crippen LogP contribution in [0, 0.1) is 0 Å². The second-order valence-corrected chi connectivity index (χ2v) is 4.21. The summed E-state index contributed by atoms with van der Waals surface area (Å²) in [7, 11) is 3.22. The molecule has 0 unspecified atom stereocenters. The van der Waals surface area contributed by atoms with Gasteiger partial charge in [-0.3, -0.25) is 0 Å². The number of carbonyl (C=O) groups is 3. The van der Waals surface area contributed by atoms with Crippen molar-refractivity contribution < 1.29 is 19.5 Å². The minimum absolute atomic E-state index is 0.226. The summed E-state index contributed by atoms with van der Waals surface area (Å²) in [5.74, 6) is -1.06. The Hall–Kier alpha value is -1.99. The molecular formula is C11H22N4O4. The van der Waals surface area contributed by atoms with Crippen molar-refractivity contribution in [1.29, 1.82) is 0 Å². The molecule has 0 aromatic carbocycles. The minimum atomic E-state index is -1.06. The maximum atomic E-state index is 11.4. The molecule has 0 aliphatic carbocycles. The fourth-order valence-electron chi connectivity index (χ4n) is 1.26. The molecule has 0 aliphatic heterocycles. The Morgan fingerprint density at radius 3 is 2.21 bits per heavy atom. The first-order valence-corrected chi connectivity index (χ1v) is 6.10. The zero-order valence-electron chi connectivity index (χ0n) is 11.5. The molecule has 8 heteroatoms. The van der Waals surface area contributed by atoms with Crippen molar-refractivity contribution >= 4 is 18.0 Å². The Morgan fingerprint density at radius 2 is 1.74 bits per heavy atom. The summed E-state index contributed by atoms with van der Waals surface area (Å²) in [6, 6.07) is -1.70. The van der Waals surface area contributed by atoms with E-state index in [4.69, 9.17) is 5.11 Å². The van der Waals surface area contributed by atoms with Gasteiger partial charge in [-0.2, -0.15) is 0 Å². The average Bonchev–Trinajstić information content (AvgIpc) is 2.33. The van der Waals surface area contributed by atoms with Crippen molar-refractivity contribution in [3.63, 3.8) is 0 Å². The number of carboxylic acids is 1. The molecule has 4 amide bonds. The highest BCUT2D eigenvalue weighted by Crippen LogP contribution is 1.96. The molecule has 1 atom stereocenters. The van der Waals surface area contributed by atoms with Gasteiger partial charge < -0.3 is 26.0 Å². The standard InChI is InChI=1S/C11H22N4O4/c1-4-5-8(9(16)17)14-10(18)12-6-7-13-11(19)15(2)3/h8H,4-7H2,1-3H3,(H,13,19)(H,16,17)(H2,12,14,18)/t8-/m0/s1. The van der Waals surface area contributed by atoms with Gasteiger partial charge in [0.15, 0.2) is 0 Å². The second-order valence-electron chi connectivity index (χ2n) is 4.21. The normalized spacial score (nSPS) is 11.3. The van der Waals surface area contributed by atoms with E-state index >= 15 is 0 Å². The smallest absolute Gasteiger partial charge is 0.326 e. The van der Waals surface area contributed by atoms with Gasteiger partial charge in [-0.05, 0) is 6.42 Å². The van der Waals surface area contributed by atoms with Crippen molar-refractivity contribution in [3.8, 4) is 0 Å². The van der Waals surface area contributed by atoms with Gasteiger partial charge in [0.05, 0.1) is 0 Å². The Bertz CT molecular complexity index is 320.